The number of rotatable bonds is 13. The Bertz CT molecular complexity index is 1210. The van der Waals surface area contributed by atoms with Crippen LogP contribution in [0.1, 0.15) is 38.0 Å². The molecular weight excluding hydrogens is 529 g/mol. The summed E-state index contributed by atoms with van der Waals surface area (Å²) >= 11 is 0. The second kappa shape index (κ2) is 14.3. The van der Waals surface area contributed by atoms with Crippen LogP contribution in [0.4, 0.5) is 10.5 Å². The SMILES string of the molecule is CCOC(=O)NC(Cc1ccccc1)C(=O)NC(C(C)C)P(=O)(O)OC(C(=O)O)c1cccc(NC(=N)N)c1. The largest absolute Gasteiger partial charge is 0.479 e. The van der Waals surface area contributed by atoms with E-state index in [9.17, 15) is 28.9 Å². The highest BCUT2D eigenvalue weighted by atomic mass is 31.2. The summed E-state index contributed by atoms with van der Waals surface area (Å²) in [6.07, 6.45) is -2.67. The Morgan fingerprint density at radius 3 is 2.31 bits per heavy atom. The maximum Gasteiger partial charge on any atom is 0.407 e. The molecule has 13 nitrogen and oxygen atoms in total. The van der Waals surface area contributed by atoms with Gasteiger partial charge in [-0.15, -0.1) is 0 Å². The fourth-order valence-corrected chi connectivity index (χ4v) is 5.33. The van der Waals surface area contributed by atoms with Crippen molar-refractivity contribution in [1.29, 1.82) is 5.41 Å². The van der Waals surface area contributed by atoms with Gasteiger partial charge in [0.05, 0.1) is 6.61 Å². The Labute approximate surface area is 226 Å². The van der Waals surface area contributed by atoms with Crippen molar-refractivity contribution in [3.63, 3.8) is 0 Å². The smallest absolute Gasteiger partial charge is 0.407 e. The molecule has 0 saturated carbocycles. The molecule has 8 N–H and O–H groups in total. The zero-order chi connectivity index (χ0) is 29.2. The van der Waals surface area contributed by atoms with E-state index in [1.165, 1.54) is 24.3 Å². The first-order chi connectivity index (χ1) is 18.3. The highest BCUT2D eigenvalue weighted by Gasteiger charge is 2.42. The van der Waals surface area contributed by atoms with Crippen molar-refractivity contribution < 1.29 is 38.2 Å². The summed E-state index contributed by atoms with van der Waals surface area (Å²) in [6.45, 7) is 4.77. The lowest BCUT2D eigenvalue weighted by molar-refractivity contribution is -0.145. The van der Waals surface area contributed by atoms with E-state index in [1.807, 2.05) is 0 Å². The number of carbonyl (C=O) groups excluding carboxylic acids is 2. The number of alkyl carbamates (subject to hydrolysis) is 1. The Kier molecular flexibility index (Phi) is 11.5. The van der Waals surface area contributed by atoms with Gasteiger partial charge in [0.15, 0.2) is 12.1 Å². The number of ether oxygens (including phenoxy) is 1. The van der Waals surface area contributed by atoms with Crippen LogP contribution in [-0.2, 0) is 29.8 Å². The number of carboxylic acids is 1. The monoisotopic (exact) mass is 563 g/mol. The molecule has 2 amide bonds. The first kappa shape index (κ1) is 31.3. The van der Waals surface area contributed by atoms with Gasteiger partial charge in [0, 0.05) is 12.1 Å². The zero-order valence-corrected chi connectivity index (χ0v) is 22.7. The number of amides is 2. The molecule has 0 heterocycles. The third-order valence-corrected chi connectivity index (χ3v) is 7.33. The van der Waals surface area contributed by atoms with E-state index >= 15 is 0 Å². The van der Waals surface area contributed by atoms with E-state index in [4.69, 9.17) is 20.4 Å². The minimum atomic E-state index is -4.84. The third kappa shape index (κ3) is 9.71. The van der Waals surface area contributed by atoms with Crippen LogP contribution in [0.25, 0.3) is 0 Å². The van der Waals surface area contributed by atoms with Crippen LogP contribution in [0.15, 0.2) is 54.6 Å². The van der Waals surface area contributed by atoms with Gasteiger partial charge in [0.25, 0.3) is 0 Å². The number of carbonyl (C=O) groups is 3. The Balaban J connectivity index is 2.31. The van der Waals surface area contributed by atoms with E-state index in [0.717, 1.165) is 0 Å². The topological polar surface area (TPSA) is 213 Å². The Hall–Kier alpha value is -3.93. The minimum absolute atomic E-state index is 0.00258. The Morgan fingerprint density at radius 1 is 1.08 bits per heavy atom. The summed E-state index contributed by atoms with van der Waals surface area (Å²) in [5.74, 6) is -4.93. The summed E-state index contributed by atoms with van der Waals surface area (Å²) in [6, 6.07) is 13.3. The lowest BCUT2D eigenvalue weighted by Crippen LogP contribution is -2.52. The van der Waals surface area contributed by atoms with Crippen LogP contribution >= 0.6 is 7.60 Å². The van der Waals surface area contributed by atoms with Crippen molar-refractivity contribution in [3.05, 3.63) is 65.7 Å². The molecule has 2 aromatic rings. The fourth-order valence-electron chi connectivity index (χ4n) is 3.65. The van der Waals surface area contributed by atoms with Crippen LogP contribution in [0.2, 0.25) is 0 Å². The number of anilines is 1. The van der Waals surface area contributed by atoms with Gasteiger partial charge in [-0.3, -0.25) is 19.3 Å². The second-order valence-electron chi connectivity index (χ2n) is 8.86. The lowest BCUT2D eigenvalue weighted by atomic mass is 10.1. The quantitative estimate of drug-likeness (QED) is 0.107. The fraction of sp³-hybridized carbons (Fsp3) is 0.360. The normalized spacial score (nSPS) is 14.8. The average molecular weight is 564 g/mol. The van der Waals surface area contributed by atoms with E-state index in [1.54, 1.807) is 51.1 Å². The third-order valence-electron chi connectivity index (χ3n) is 5.39. The molecule has 0 radical (unpaired) electrons. The maximum absolute atomic E-state index is 13.4. The van der Waals surface area contributed by atoms with Crippen LogP contribution in [0, 0.1) is 11.3 Å². The van der Waals surface area contributed by atoms with Gasteiger partial charge in [0.2, 0.25) is 5.91 Å². The standard InChI is InChI=1S/C25H34N5O8P/c1-4-37-25(34)29-19(13-16-9-6-5-7-10-16)21(31)30-22(15(2)3)39(35,36)38-20(23(32)33)17-11-8-12-18(14-17)28-24(26)27/h5-12,14-15,19-20,22H,4,13H2,1-3H3,(H,29,34)(H,30,31)(H,32,33)(H,35,36)(H4,26,27,28). The van der Waals surface area contributed by atoms with Crippen molar-refractivity contribution in [2.24, 2.45) is 11.7 Å². The summed E-state index contributed by atoms with van der Waals surface area (Å²) in [7, 11) is -4.84. The number of guanidine groups is 1. The minimum Gasteiger partial charge on any atom is -0.479 e. The van der Waals surface area contributed by atoms with E-state index in [0.29, 0.717) is 5.56 Å². The highest BCUT2D eigenvalue weighted by molar-refractivity contribution is 7.53. The molecule has 0 fully saturated rings. The van der Waals surface area contributed by atoms with Crippen LogP contribution in [0.5, 0.6) is 0 Å². The van der Waals surface area contributed by atoms with Crippen LogP contribution < -0.4 is 21.7 Å². The number of benzene rings is 2. The molecule has 14 heteroatoms. The molecule has 0 bridgehead atoms. The molecule has 2 aromatic carbocycles. The zero-order valence-electron chi connectivity index (χ0n) is 21.8. The number of nitrogens with two attached hydrogens (primary N) is 1. The van der Waals surface area contributed by atoms with Crippen molar-refractivity contribution >= 4 is 37.2 Å². The summed E-state index contributed by atoms with van der Waals surface area (Å²) in [4.78, 5) is 48.3. The second-order valence-corrected chi connectivity index (χ2v) is 10.8. The van der Waals surface area contributed by atoms with Crippen LogP contribution in [-0.4, -0.2) is 52.4 Å². The van der Waals surface area contributed by atoms with Gasteiger partial charge in [-0.05, 0) is 36.1 Å². The predicted molar refractivity (Wildman–Crippen MR) is 144 cm³/mol. The molecule has 0 aromatic heterocycles. The summed E-state index contributed by atoms with van der Waals surface area (Å²) in [5, 5.41) is 24.5. The van der Waals surface area contributed by atoms with E-state index < -0.39 is 55.4 Å². The highest BCUT2D eigenvalue weighted by Crippen LogP contribution is 2.53. The number of nitrogens with one attached hydrogen (secondary N) is 4. The van der Waals surface area contributed by atoms with Gasteiger partial charge in [0.1, 0.15) is 11.8 Å². The van der Waals surface area contributed by atoms with Crippen molar-refractivity contribution in [3.8, 4) is 0 Å². The van der Waals surface area contributed by atoms with Crippen molar-refractivity contribution in [2.75, 3.05) is 11.9 Å². The van der Waals surface area contributed by atoms with Gasteiger partial charge in [-0.1, -0.05) is 56.3 Å². The Morgan fingerprint density at radius 2 is 1.74 bits per heavy atom. The molecule has 4 unspecified atom stereocenters. The van der Waals surface area contributed by atoms with Crippen molar-refractivity contribution in [2.45, 2.75) is 45.1 Å². The molecule has 0 aliphatic rings. The van der Waals surface area contributed by atoms with Gasteiger partial charge in [-0.25, -0.2) is 9.59 Å². The summed E-state index contributed by atoms with van der Waals surface area (Å²) < 4.78 is 23.6. The average Bonchev–Trinajstić information content (AvgIpc) is 2.85. The predicted octanol–water partition coefficient (Wildman–Crippen LogP) is 2.78. The number of hydrogen-bond acceptors (Lipinski definition) is 7. The van der Waals surface area contributed by atoms with E-state index in [-0.39, 0.29) is 24.3 Å². The maximum atomic E-state index is 13.4. The number of carboxylic acid groups (broad SMARTS) is 1. The molecular formula is C25H34N5O8P. The van der Waals surface area contributed by atoms with Gasteiger partial charge in [-0.2, -0.15) is 0 Å². The molecule has 2 rings (SSSR count). The number of aliphatic carboxylic acids is 1. The molecule has 0 aliphatic heterocycles. The molecule has 212 valence electrons. The van der Waals surface area contributed by atoms with Gasteiger partial charge >= 0.3 is 19.7 Å². The van der Waals surface area contributed by atoms with Crippen molar-refractivity contribution in [1.82, 2.24) is 10.6 Å². The molecule has 0 saturated heterocycles. The first-order valence-electron chi connectivity index (χ1n) is 12.1. The summed E-state index contributed by atoms with van der Waals surface area (Å²) in [5.41, 5.74) is 6.30. The van der Waals surface area contributed by atoms with Gasteiger partial charge < -0.3 is 36.4 Å². The van der Waals surface area contributed by atoms with Crippen LogP contribution in [0.3, 0.4) is 0 Å². The molecule has 39 heavy (non-hydrogen) atoms. The first-order valence-corrected chi connectivity index (χ1v) is 13.7. The molecule has 0 aliphatic carbocycles. The lowest BCUT2D eigenvalue weighted by Gasteiger charge is -2.30. The number of hydrogen-bond donors (Lipinski definition) is 7. The van der Waals surface area contributed by atoms with E-state index in [2.05, 4.69) is 16.0 Å². The molecule has 0 spiro atoms. The molecule has 4 atom stereocenters.